The number of aliphatic carboxylic acids is 1. The van der Waals surface area contributed by atoms with Crippen molar-refractivity contribution < 1.29 is 19.5 Å². The van der Waals surface area contributed by atoms with Gasteiger partial charge in [0.1, 0.15) is 0 Å². The second-order valence-electron chi connectivity index (χ2n) is 11.1. The largest absolute Gasteiger partial charge is 0.481 e. The van der Waals surface area contributed by atoms with E-state index in [1.165, 1.54) is 0 Å². The number of benzene rings is 2. The van der Waals surface area contributed by atoms with E-state index in [0.717, 1.165) is 61.0 Å². The smallest absolute Gasteiger partial charge is 0.303 e. The Kier molecular flexibility index (Phi) is 6.71. The molecule has 3 unspecified atom stereocenters. The highest BCUT2D eigenvalue weighted by molar-refractivity contribution is 6.11. The van der Waals surface area contributed by atoms with Gasteiger partial charge in [-0.3, -0.25) is 19.4 Å². The third-order valence-corrected chi connectivity index (χ3v) is 8.52. The van der Waals surface area contributed by atoms with E-state index in [9.17, 15) is 19.5 Å². The molecule has 1 N–H and O–H groups in total. The van der Waals surface area contributed by atoms with Crippen molar-refractivity contribution in [2.45, 2.75) is 63.1 Å². The van der Waals surface area contributed by atoms with Crippen LogP contribution < -0.4 is 4.90 Å². The van der Waals surface area contributed by atoms with E-state index in [1.807, 2.05) is 76.6 Å². The molecule has 2 aliphatic heterocycles. The third kappa shape index (κ3) is 4.84. The fraction of sp³-hybridized carbons (Fsp3) is 0.419. The molecule has 2 aromatic rings. The topological polar surface area (TPSA) is 93.5 Å². The number of hydrogen-bond acceptors (Lipinski definition) is 5. The number of carboxylic acid groups (broad SMARTS) is 1. The van der Waals surface area contributed by atoms with Crippen LogP contribution >= 0.6 is 0 Å². The number of carboxylic acids is 1. The van der Waals surface area contributed by atoms with Gasteiger partial charge in [-0.2, -0.15) is 5.10 Å². The van der Waals surface area contributed by atoms with Crippen LogP contribution in [0.3, 0.4) is 0 Å². The number of nitrogens with zero attached hydrogens (tertiary/aromatic N) is 4. The standard InChI is InChI=1S/C31H34N4O4/c1-33-18-17-22(19-32-33)20-9-11-21(12-10-20)31(39)35-26-7-3-2-5-24(26)30(25-6-4-8-27(25)35)34(23-13-14-23)28(36)15-16-29(37)38/h2-3,5,7,9-12,17,19,23,25,27,30H,4,6,8,13-16,18H2,1H3,(H,37,38). The van der Waals surface area contributed by atoms with Crippen LogP contribution in [0.5, 0.6) is 0 Å². The first-order valence-electron chi connectivity index (χ1n) is 13.9. The maximum absolute atomic E-state index is 14.1. The third-order valence-electron chi connectivity index (χ3n) is 8.52. The molecule has 4 aliphatic rings. The number of para-hydroxylation sites is 1. The van der Waals surface area contributed by atoms with Gasteiger partial charge in [0.2, 0.25) is 5.91 Å². The summed E-state index contributed by atoms with van der Waals surface area (Å²) in [6.45, 7) is 0.748. The SMILES string of the molecule is CN1CC=C(c2ccc(C(=O)N3c4ccccc4C(N(C(=O)CCC(=O)O)C4CC4)C4CCCC43)cc2)C=N1. The molecule has 2 fully saturated rings. The van der Waals surface area contributed by atoms with Crippen molar-refractivity contribution in [1.82, 2.24) is 9.91 Å². The van der Waals surface area contributed by atoms with E-state index in [0.29, 0.717) is 5.56 Å². The van der Waals surface area contributed by atoms with Crippen molar-refractivity contribution in [1.29, 1.82) is 0 Å². The minimum Gasteiger partial charge on any atom is -0.481 e. The molecule has 2 amide bonds. The van der Waals surface area contributed by atoms with Crippen molar-refractivity contribution in [3.63, 3.8) is 0 Å². The molecule has 0 aromatic heterocycles. The van der Waals surface area contributed by atoms with Gasteiger partial charge in [-0.05, 0) is 60.6 Å². The molecule has 8 heteroatoms. The quantitative estimate of drug-likeness (QED) is 0.563. The van der Waals surface area contributed by atoms with E-state index in [2.05, 4.69) is 11.2 Å². The molecule has 2 saturated carbocycles. The van der Waals surface area contributed by atoms with E-state index in [-0.39, 0.29) is 48.7 Å². The van der Waals surface area contributed by atoms with Crippen LogP contribution in [0.2, 0.25) is 0 Å². The molecule has 0 radical (unpaired) electrons. The zero-order valence-corrected chi connectivity index (χ0v) is 22.2. The number of fused-ring (bicyclic) bond motifs is 2. The Hall–Kier alpha value is -3.94. The Bertz CT molecular complexity index is 1350. The van der Waals surface area contributed by atoms with Crippen molar-refractivity contribution in [3.8, 4) is 0 Å². The minimum atomic E-state index is -0.955. The molecular formula is C31H34N4O4. The lowest BCUT2D eigenvalue weighted by Crippen LogP contribution is -2.52. The van der Waals surface area contributed by atoms with Gasteiger partial charge in [0.15, 0.2) is 0 Å². The lowest BCUT2D eigenvalue weighted by atomic mass is 9.81. The Morgan fingerprint density at radius 3 is 2.46 bits per heavy atom. The summed E-state index contributed by atoms with van der Waals surface area (Å²) in [7, 11) is 1.93. The van der Waals surface area contributed by atoms with Gasteiger partial charge in [0, 0.05) is 42.7 Å². The molecule has 39 heavy (non-hydrogen) atoms. The molecule has 0 saturated heterocycles. The van der Waals surface area contributed by atoms with Crippen LogP contribution in [-0.4, -0.2) is 64.7 Å². The Morgan fingerprint density at radius 2 is 1.77 bits per heavy atom. The fourth-order valence-corrected chi connectivity index (χ4v) is 6.55. The molecular weight excluding hydrogens is 492 g/mol. The number of likely N-dealkylation sites (N-methyl/N-ethyl adjacent to an activating group) is 1. The summed E-state index contributed by atoms with van der Waals surface area (Å²) in [5, 5.41) is 15.4. The molecule has 8 nitrogen and oxygen atoms in total. The highest BCUT2D eigenvalue weighted by Gasteiger charge is 2.51. The number of amides is 2. The lowest BCUT2D eigenvalue weighted by Gasteiger charge is -2.48. The fourth-order valence-electron chi connectivity index (χ4n) is 6.55. The number of anilines is 1. The predicted molar refractivity (Wildman–Crippen MR) is 149 cm³/mol. The summed E-state index contributed by atoms with van der Waals surface area (Å²) < 4.78 is 0. The van der Waals surface area contributed by atoms with Crippen molar-refractivity contribution >= 4 is 35.3 Å². The highest BCUT2D eigenvalue weighted by Crippen LogP contribution is 2.53. The first-order valence-corrected chi connectivity index (χ1v) is 13.9. The number of hydrazone groups is 1. The van der Waals surface area contributed by atoms with Gasteiger partial charge in [-0.1, -0.05) is 42.8 Å². The maximum atomic E-state index is 14.1. The first kappa shape index (κ1) is 25.3. The summed E-state index contributed by atoms with van der Waals surface area (Å²) in [4.78, 5) is 42.7. The molecule has 3 atom stereocenters. The summed E-state index contributed by atoms with van der Waals surface area (Å²) in [5.41, 5.74) is 4.57. The van der Waals surface area contributed by atoms with Crippen LogP contribution in [0.25, 0.3) is 5.57 Å². The Balaban J connectivity index is 1.33. The molecule has 2 aliphatic carbocycles. The van der Waals surface area contributed by atoms with Crippen molar-refractivity contribution in [2.24, 2.45) is 11.0 Å². The average Bonchev–Trinajstić information content (AvgIpc) is 3.67. The number of hydrogen-bond donors (Lipinski definition) is 1. The van der Waals surface area contributed by atoms with Gasteiger partial charge in [-0.15, -0.1) is 0 Å². The van der Waals surface area contributed by atoms with Crippen LogP contribution in [0.15, 0.2) is 59.7 Å². The predicted octanol–water partition coefficient (Wildman–Crippen LogP) is 4.73. The Labute approximate surface area is 228 Å². The van der Waals surface area contributed by atoms with E-state index in [1.54, 1.807) is 0 Å². The van der Waals surface area contributed by atoms with E-state index in [4.69, 9.17) is 0 Å². The molecule has 2 aromatic carbocycles. The molecule has 0 spiro atoms. The van der Waals surface area contributed by atoms with Gasteiger partial charge in [-0.25, -0.2) is 0 Å². The van der Waals surface area contributed by atoms with Crippen LogP contribution in [0.4, 0.5) is 5.69 Å². The molecule has 2 heterocycles. The van der Waals surface area contributed by atoms with Gasteiger partial charge >= 0.3 is 5.97 Å². The van der Waals surface area contributed by atoms with Crippen LogP contribution in [0, 0.1) is 5.92 Å². The summed E-state index contributed by atoms with van der Waals surface area (Å²) in [6, 6.07) is 15.7. The van der Waals surface area contributed by atoms with Crippen molar-refractivity contribution in [3.05, 3.63) is 71.3 Å². The Morgan fingerprint density at radius 1 is 1.00 bits per heavy atom. The second kappa shape index (κ2) is 10.3. The van der Waals surface area contributed by atoms with Gasteiger partial charge in [0.25, 0.3) is 5.91 Å². The summed E-state index contributed by atoms with van der Waals surface area (Å²) in [5.74, 6) is -0.944. The lowest BCUT2D eigenvalue weighted by molar-refractivity contribution is -0.142. The van der Waals surface area contributed by atoms with E-state index < -0.39 is 5.97 Å². The molecule has 202 valence electrons. The number of carbonyl (C=O) groups is 3. The summed E-state index contributed by atoms with van der Waals surface area (Å²) >= 11 is 0. The number of rotatable bonds is 7. The van der Waals surface area contributed by atoms with Gasteiger partial charge < -0.3 is 14.9 Å². The van der Waals surface area contributed by atoms with Gasteiger partial charge in [0.05, 0.1) is 25.2 Å². The second-order valence-corrected chi connectivity index (χ2v) is 11.1. The monoisotopic (exact) mass is 526 g/mol. The minimum absolute atomic E-state index is 0.00526. The number of carbonyl (C=O) groups excluding carboxylic acids is 2. The highest BCUT2D eigenvalue weighted by atomic mass is 16.4. The zero-order chi connectivity index (χ0) is 27.1. The first-order chi connectivity index (χ1) is 18.9. The normalized spacial score (nSPS) is 23.6. The maximum Gasteiger partial charge on any atom is 0.303 e. The summed E-state index contributed by atoms with van der Waals surface area (Å²) in [6.07, 6.45) is 8.51. The zero-order valence-electron chi connectivity index (χ0n) is 22.2. The number of allylic oxidation sites excluding steroid dienone is 1. The van der Waals surface area contributed by atoms with E-state index >= 15 is 0 Å². The molecule has 0 bridgehead atoms. The molecule has 6 rings (SSSR count). The van der Waals surface area contributed by atoms with Crippen molar-refractivity contribution in [2.75, 3.05) is 18.5 Å². The average molecular weight is 527 g/mol. The van der Waals surface area contributed by atoms with Crippen LogP contribution in [0.1, 0.15) is 72.5 Å². The van der Waals surface area contributed by atoms with Crippen LogP contribution in [-0.2, 0) is 9.59 Å².